The highest BCUT2D eigenvalue weighted by molar-refractivity contribution is 7.87. The van der Waals surface area contributed by atoms with Crippen molar-refractivity contribution >= 4 is 10.2 Å². The van der Waals surface area contributed by atoms with Crippen LogP contribution in [0.3, 0.4) is 0 Å². The molecule has 1 aliphatic heterocycles. The van der Waals surface area contributed by atoms with Crippen LogP contribution in [0, 0.1) is 5.92 Å². The van der Waals surface area contributed by atoms with E-state index < -0.39 is 10.2 Å². The molecule has 1 N–H and O–H groups in total. The molecule has 5 nitrogen and oxygen atoms in total. The zero-order chi connectivity index (χ0) is 16.2. The Bertz CT molecular complexity index is 562. The number of hydrogen-bond donors (Lipinski definition) is 1. The highest BCUT2D eigenvalue weighted by Crippen LogP contribution is 2.34. The number of likely N-dealkylation sites (tertiary alicyclic amines) is 1. The molecule has 2 atom stereocenters. The van der Waals surface area contributed by atoms with Gasteiger partial charge < -0.3 is 0 Å². The summed E-state index contributed by atoms with van der Waals surface area (Å²) in [7, 11) is 0.355. The molecule has 0 radical (unpaired) electrons. The molecule has 1 heterocycles. The first-order chi connectivity index (χ1) is 10.5. The van der Waals surface area contributed by atoms with Gasteiger partial charge in [-0.1, -0.05) is 37.3 Å². The van der Waals surface area contributed by atoms with Gasteiger partial charge in [0.1, 0.15) is 0 Å². The molecule has 22 heavy (non-hydrogen) atoms. The van der Waals surface area contributed by atoms with Crippen molar-refractivity contribution in [2.24, 2.45) is 5.92 Å². The van der Waals surface area contributed by atoms with Crippen LogP contribution in [0.5, 0.6) is 0 Å². The third kappa shape index (κ3) is 4.07. The molecule has 1 aromatic rings. The van der Waals surface area contributed by atoms with Crippen molar-refractivity contribution in [3.63, 3.8) is 0 Å². The first kappa shape index (κ1) is 17.4. The fourth-order valence-corrected chi connectivity index (χ4v) is 4.13. The van der Waals surface area contributed by atoms with E-state index in [2.05, 4.69) is 28.8 Å². The molecule has 0 saturated carbocycles. The zero-order valence-corrected chi connectivity index (χ0v) is 14.5. The number of rotatable bonds is 6. The largest absolute Gasteiger partial charge is 0.299 e. The van der Waals surface area contributed by atoms with Gasteiger partial charge in [0, 0.05) is 26.2 Å². The van der Waals surface area contributed by atoms with Crippen LogP contribution in [-0.4, -0.2) is 51.4 Å². The predicted octanol–water partition coefficient (Wildman–Crippen LogP) is 1.86. The summed E-state index contributed by atoms with van der Waals surface area (Å²) in [6.07, 6.45) is 2.15. The van der Waals surface area contributed by atoms with Crippen LogP contribution in [0.4, 0.5) is 0 Å². The Morgan fingerprint density at radius 2 is 2.00 bits per heavy atom. The maximum Gasteiger partial charge on any atom is 0.279 e. The summed E-state index contributed by atoms with van der Waals surface area (Å²) in [5.41, 5.74) is 1.26. The monoisotopic (exact) mass is 325 g/mol. The Hall–Kier alpha value is -0.950. The smallest absolute Gasteiger partial charge is 0.279 e. The minimum atomic E-state index is -3.37. The number of nitrogens with one attached hydrogen (secondary N) is 1. The van der Waals surface area contributed by atoms with Crippen LogP contribution < -0.4 is 4.72 Å². The molecule has 0 spiro atoms. The van der Waals surface area contributed by atoms with E-state index in [0.717, 1.165) is 19.4 Å². The highest BCUT2D eigenvalue weighted by Gasteiger charge is 2.31. The van der Waals surface area contributed by atoms with E-state index >= 15 is 0 Å². The van der Waals surface area contributed by atoms with E-state index in [-0.39, 0.29) is 6.04 Å². The average Bonchev–Trinajstić information content (AvgIpc) is 2.53. The lowest BCUT2D eigenvalue weighted by molar-refractivity contribution is 0.123. The van der Waals surface area contributed by atoms with Gasteiger partial charge in [0.2, 0.25) is 0 Å². The van der Waals surface area contributed by atoms with E-state index in [4.69, 9.17) is 0 Å². The predicted molar refractivity (Wildman–Crippen MR) is 89.8 cm³/mol. The molecule has 0 aliphatic carbocycles. The summed E-state index contributed by atoms with van der Waals surface area (Å²) < 4.78 is 28.4. The van der Waals surface area contributed by atoms with Crippen molar-refractivity contribution < 1.29 is 8.42 Å². The van der Waals surface area contributed by atoms with Crippen molar-refractivity contribution in [1.29, 1.82) is 0 Å². The van der Waals surface area contributed by atoms with Crippen molar-refractivity contribution in [1.82, 2.24) is 13.9 Å². The molecule has 124 valence electrons. The van der Waals surface area contributed by atoms with Crippen molar-refractivity contribution in [3.05, 3.63) is 35.9 Å². The van der Waals surface area contributed by atoms with Crippen LogP contribution >= 0.6 is 0 Å². The first-order valence-corrected chi connectivity index (χ1v) is 9.36. The third-order valence-electron chi connectivity index (χ3n) is 4.53. The molecule has 0 unspecified atom stereocenters. The Morgan fingerprint density at radius 3 is 2.64 bits per heavy atom. The lowest BCUT2D eigenvalue weighted by atomic mass is 9.85. The maximum atomic E-state index is 12.1. The molecule has 0 aromatic heterocycles. The van der Waals surface area contributed by atoms with Gasteiger partial charge in [0.25, 0.3) is 10.2 Å². The second-order valence-corrected chi connectivity index (χ2v) is 7.87. The second-order valence-electron chi connectivity index (χ2n) is 6.01. The van der Waals surface area contributed by atoms with Crippen LogP contribution in [0.1, 0.15) is 31.4 Å². The molecule has 1 saturated heterocycles. The lowest BCUT2D eigenvalue weighted by Gasteiger charge is -2.39. The quantitative estimate of drug-likeness (QED) is 0.868. The summed E-state index contributed by atoms with van der Waals surface area (Å²) in [6.45, 7) is 3.84. The molecule has 0 bridgehead atoms. The fraction of sp³-hybridized carbons (Fsp3) is 0.625. The minimum Gasteiger partial charge on any atom is -0.299 e. The minimum absolute atomic E-state index is 0.268. The van der Waals surface area contributed by atoms with Crippen molar-refractivity contribution in [2.75, 3.05) is 33.7 Å². The highest BCUT2D eigenvalue weighted by atomic mass is 32.2. The number of hydrogen-bond acceptors (Lipinski definition) is 3. The summed E-state index contributed by atoms with van der Waals surface area (Å²) in [4.78, 5) is 2.33. The Kier molecular flexibility index (Phi) is 5.97. The van der Waals surface area contributed by atoms with E-state index in [0.29, 0.717) is 19.0 Å². The maximum absolute atomic E-state index is 12.1. The Balaban J connectivity index is 2.11. The van der Waals surface area contributed by atoms with Crippen LogP contribution in [0.2, 0.25) is 0 Å². The molecule has 1 aliphatic rings. The van der Waals surface area contributed by atoms with Crippen LogP contribution in [0.25, 0.3) is 0 Å². The summed E-state index contributed by atoms with van der Waals surface area (Å²) >= 11 is 0. The second kappa shape index (κ2) is 7.55. The molecule has 1 aromatic carbocycles. The summed E-state index contributed by atoms with van der Waals surface area (Å²) in [6, 6.07) is 10.6. The van der Waals surface area contributed by atoms with Crippen molar-refractivity contribution in [2.45, 2.75) is 25.8 Å². The molecule has 0 amide bonds. The van der Waals surface area contributed by atoms with E-state index in [9.17, 15) is 8.42 Å². The van der Waals surface area contributed by atoms with Gasteiger partial charge in [0.05, 0.1) is 0 Å². The van der Waals surface area contributed by atoms with Gasteiger partial charge in [-0.25, -0.2) is 4.72 Å². The Morgan fingerprint density at radius 1 is 1.32 bits per heavy atom. The third-order valence-corrected chi connectivity index (χ3v) is 6.14. The number of nitrogens with zero attached hydrogens (tertiary/aromatic N) is 2. The van der Waals surface area contributed by atoms with E-state index in [1.807, 2.05) is 25.1 Å². The van der Waals surface area contributed by atoms with Gasteiger partial charge in [-0.2, -0.15) is 12.7 Å². The number of benzene rings is 1. The van der Waals surface area contributed by atoms with Crippen molar-refractivity contribution in [3.8, 4) is 0 Å². The van der Waals surface area contributed by atoms with Crippen LogP contribution in [0.15, 0.2) is 30.3 Å². The topological polar surface area (TPSA) is 52.7 Å². The Labute approximate surface area is 134 Å². The van der Waals surface area contributed by atoms with Gasteiger partial charge in [-0.15, -0.1) is 0 Å². The summed E-state index contributed by atoms with van der Waals surface area (Å²) in [5.74, 6) is 0.293. The summed E-state index contributed by atoms with van der Waals surface area (Å²) in [5, 5.41) is 0. The van der Waals surface area contributed by atoms with Gasteiger partial charge in [-0.05, 0) is 37.9 Å². The van der Waals surface area contributed by atoms with Gasteiger partial charge in [0.15, 0.2) is 0 Å². The zero-order valence-electron chi connectivity index (χ0n) is 13.7. The molecular weight excluding hydrogens is 298 g/mol. The molecule has 1 fully saturated rings. The first-order valence-electron chi connectivity index (χ1n) is 7.91. The normalized spacial score (nSPS) is 23.8. The van der Waals surface area contributed by atoms with E-state index in [1.165, 1.54) is 9.87 Å². The standard InChI is InChI=1S/C16H27N3O2S/c1-4-19(3)22(20,21)17-13-15-11-8-12-18(2)16(15)14-9-6-5-7-10-14/h5-7,9-10,15-17H,4,8,11-13H2,1-3H3/t15-,16+/m1/s1. The molecular formula is C16H27N3O2S. The van der Waals surface area contributed by atoms with E-state index in [1.54, 1.807) is 7.05 Å². The SMILES string of the molecule is CCN(C)S(=O)(=O)NC[C@H]1CCCN(C)[C@H]1c1ccccc1. The molecule has 2 rings (SSSR count). The molecule has 6 heteroatoms. The number of piperidine rings is 1. The van der Waals surface area contributed by atoms with Crippen LogP contribution in [-0.2, 0) is 10.2 Å². The lowest BCUT2D eigenvalue weighted by Crippen LogP contribution is -2.45. The fourth-order valence-electron chi connectivity index (χ4n) is 3.14. The van der Waals surface area contributed by atoms with Gasteiger partial charge in [-0.3, -0.25) is 4.90 Å². The average molecular weight is 325 g/mol. The van der Waals surface area contributed by atoms with Gasteiger partial charge >= 0.3 is 0 Å².